The van der Waals surface area contributed by atoms with E-state index in [2.05, 4.69) is 52.3 Å². The van der Waals surface area contributed by atoms with Gasteiger partial charge in [0.05, 0.1) is 17.0 Å². The summed E-state index contributed by atoms with van der Waals surface area (Å²) >= 11 is 0. The molecule has 29 heavy (non-hydrogen) atoms. The van der Waals surface area contributed by atoms with Crippen molar-refractivity contribution in [1.29, 1.82) is 0 Å². The summed E-state index contributed by atoms with van der Waals surface area (Å²) in [6, 6.07) is 6.25. The Balaban J connectivity index is 1.81. The van der Waals surface area contributed by atoms with E-state index in [-0.39, 0.29) is 11.7 Å². The van der Waals surface area contributed by atoms with Crippen LogP contribution in [0.1, 0.15) is 41.6 Å². The third-order valence-corrected chi connectivity index (χ3v) is 5.32. The first kappa shape index (κ1) is 19.5. The van der Waals surface area contributed by atoms with E-state index in [0.717, 1.165) is 53.8 Å². The van der Waals surface area contributed by atoms with Crippen LogP contribution in [0.2, 0.25) is 0 Å². The average molecular weight is 393 g/mol. The fraction of sp³-hybridized carbons (Fsp3) is 0.455. The fourth-order valence-electron chi connectivity index (χ4n) is 3.92. The molecule has 1 aliphatic carbocycles. The first-order chi connectivity index (χ1) is 14.0. The number of aromatic nitrogens is 4. The molecule has 1 unspecified atom stereocenters. The van der Waals surface area contributed by atoms with Crippen LogP contribution in [0.25, 0.3) is 11.0 Å². The molecular weight excluding hydrogens is 364 g/mol. The van der Waals surface area contributed by atoms with Crippen molar-refractivity contribution < 1.29 is 4.79 Å². The van der Waals surface area contributed by atoms with E-state index in [1.807, 2.05) is 25.0 Å². The Morgan fingerprint density at radius 3 is 2.86 bits per heavy atom. The Kier molecular flexibility index (Phi) is 5.32. The van der Waals surface area contributed by atoms with Crippen LogP contribution in [0.4, 0.5) is 5.95 Å². The van der Waals surface area contributed by atoms with Crippen LogP contribution in [0, 0.1) is 6.92 Å². The first-order valence-electron chi connectivity index (χ1n) is 10.2. The number of hydrogen-bond acceptors (Lipinski definition) is 6. The molecule has 0 saturated carbocycles. The highest BCUT2D eigenvalue weighted by molar-refractivity contribution is 5.98. The minimum atomic E-state index is -0.357. The van der Waals surface area contributed by atoms with Crippen LogP contribution in [0.5, 0.6) is 0 Å². The van der Waals surface area contributed by atoms with Gasteiger partial charge in [0.25, 0.3) is 0 Å². The van der Waals surface area contributed by atoms with E-state index >= 15 is 0 Å². The van der Waals surface area contributed by atoms with Crippen LogP contribution in [0.3, 0.4) is 0 Å². The lowest BCUT2D eigenvalue weighted by molar-refractivity contribution is -0.118. The quantitative estimate of drug-likeness (QED) is 0.666. The highest BCUT2D eigenvalue weighted by Gasteiger charge is 2.35. The van der Waals surface area contributed by atoms with Gasteiger partial charge in [0.1, 0.15) is 0 Å². The molecule has 2 heterocycles. The molecule has 0 fully saturated rings. The molecule has 0 aliphatic heterocycles. The van der Waals surface area contributed by atoms with Crippen molar-refractivity contribution in [3.8, 4) is 0 Å². The Bertz CT molecular complexity index is 1050. The third kappa shape index (κ3) is 3.87. The zero-order chi connectivity index (χ0) is 20.5. The lowest BCUT2D eigenvalue weighted by Gasteiger charge is -2.14. The maximum absolute atomic E-state index is 13.0. The standard InChI is InChI=1S/C22H28N6O/c1-5-9-28-13-17-20(19-16-11-14(2)6-7-15(16)12-18(19)29)24-22(25-21(17)26-28)23-8-10-27(3)4/h6-7,11,13,19H,5,8-10,12H2,1-4H3,(H,23,25,26). The Morgan fingerprint density at radius 1 is 1.28 bits per heavy atom. The summed E-state index contributed by atoms with van der Waals surface area (Å²) in [7, 11) is 4.06. The van der Waals surface area contributed by atoms with Crippen molar-refractivity contribution >= 4 is 22.8 Å². The first-order valence-corrected chi connectivity index (χ1v) is 10.2. The van der Waals surface area contributed by atoms with Crippen LogP contribution in [-0.2, 0) is 17.8 Å². The van der Waals surface area contributed by atoms with Gasteiger partial charge in [-0.3, -0.25) is 9.48 Å². The monoisotopic (exact) mass is 392 g/mol. The van der Waals surface area contributed by atoms with Gasteiger partial charge >= 0.3 is 0 Å². The molecule has 0 spiro atoms. The molecule has 0 bridgehead atoms. The molecule has 1 aromatic carbocycles. The number of hydrogen-bond donors (Lipinski definition) is 1. The topological polar surface area (TPSA) is 75.9 Å². The van der Waals surface area contributed by atoms with Crippen molar-refractivity contribution in [3.05, 3.63) is 46.8 Å². The number of Topliss-reactive ketones (excluding diaryl/α,β-unsaturated/α-hetero) is 1. The minimum Gasteiger partial charge on any atom is -0.353 e. The molecule has 7 nitrogen and oxygen atoms in total. The summed E-state index contributed by atoms with van der Waals surface area (Å²) in [5.41, 5.74) is 4.72. The minimum absolute atomic E-state index is 0.188. The summed E-state index contributed by atoms with van der Waals surface area (Å²) in [4.78, 5) is 24.6. The second kappa shape index (κ2) is 7.91. The van der Waals surface area contributed by atoms with Crippen molar-refractivity contribution in [2.45, 2.75) is 39.2 Å². The number of nitrogens with one attached hydrogen (secondary N) is 1. The molecule has 1 N–H and O–H groups in total. The predicted molar refractivity (Wildman–Crippen MR) is 114 cm³/mol. The Hall–Kier alpha value is -2.80. The van der Waals surface area contributed by atoms with Gasteiger partial charge in [-0.1, -0.05) is 30.7 Å². The van der Waals surface area contributed by atoms with Crippen LogP contribution in [-0.4, -0.2) is 57.6 Å². The van der Waals surface area contributed by atoms with E-state index in [1.54, 1.807) is 0 Å². The number of rotatable bonds is 7. The molecule has 3 aromatic rings. The van der Waals surface area contributed by atoms with Gasteiger partial charge in [-0.15, -0.1) is 0 Å². The molecule has 152 valence electrons. The SMILES string of the molecule is CCCn1cc2c(C3C(=O)Cc4ccc(C)cc43)nc(NCCN(C)C)nc2n1. The molecule has 0 amide bonds. The number of nitrogens with zero attached hydrogens (tertiary/aromatic N) is 5. The normalized spacial score (nSPS) is 16.0. The molecule has 0 saturated heterocycles. The summed E-state index contributed by atoms with van der Waals surface area (Å²) in [6.07, 6.45) is 3.42. The van der Waals surface area contributed by atoms with E-state index in [9.17, 15) is 4.79 Å². The van der Waals surface area contributed by atoms with E-state index in [4.69, 9.17) is 4.98 Å². The van der Waals surface area contributed by atoms with Gasteiger partial charge in [-0.05, 0) is 38.6 Å². The zero-order valence-electron chi connectivity index (χ0n) is 17.6. The van der Waals surface area contributed by atoms with Gasteiger partial charge < -0.3 is 10.2 Å². The smallest absolute Gasteiger partial charge is 0.225 e. The number of ketones is 1. The maximum atomic E-state index is 13.0. The maximum Gasteiger partial charge on any atom is 0.225 e. The van der Waals surface area contributed by atoms with Crippen molar-refractivity contribution in [2.75, 3.05) is 32.5 Å². The zero-order valence-corrected chi connectivity index (χ0v) is 17.6. The molecule has 4 rings (SSSR count). The van der Waals surface area contributed by atoms with Gasteiger partial charge in [-0.25, -0.2) is 4.98 Å². The van der Waals surface area contributed by atoms with Crippen LogP contribution >= 0.6 is 0 Å². The largest absolute Gasteiger partial charge is 0.353 e. The van der Waals surface area contributed by atoms with Gasteiger partial charge in [0, 0.05) is 32.3 Å². The van der Waals surface area contributed by atoms with Crippen molar-refractivity contribution in [2.24, 2.45) is 0 Å². The molecule has 0 radical (unpaired) electrons. The number of likely N-dealkylation sites (N-methyl/N-ethyl adjacent to an activating group) is 1. The summed E-state index contributed by atoms with van der Waals surface area (Å²) in [5.74, 6) is 0.363. The Labute approximate surface area is 171 Å². The Morgan fingerprint density at radius 2 is 2.10 bits per heavy atom. The summed E-state index contributed by atoms with van der Waals surface area (Å²) < 4.78 is 1.91. The molecular formula is C22H28N6O. The molecule has 1 aliphatic rings. The fourth-order valence-corrected chi connectivity index (χ4v) is 3.92. The van der Waals surface area contributed by atoms with E-state index < -0.39 is 0 Å². The van der Waals surface area contributed by atoms with Gasteiger partial charge in [0.15, 0.2) is 11.4 Å². The lowest BCUT2D eigenvalue weighted by atomic mass is 9.94. The number of carbonyl (C=O) groups is 1. The second-order valence-electron chi connectivity index (χ2n) is 8.07. The molecule has 1 atom stereocenters. The van der Waals surface area contributed by atoms with E-state index in [1.165, 1.54) is 0 Å². The molecule has 2 aromatic heterocycles. The number of aryl methyl sites for hydroxylation is 2. The molecule has 7 heteroatoms. The lowest BCUT2D eigenvalue weighted by Crippen LogP contribution is -2.22. The van der Waals surface area contributed by atoms with Crippen molar-refractivity contribution in [1.82, 2.24) is 24.6 Å². The third-order valence-electron chi connectivity index (χ3n) is 5.32. The van der Waals surface area contributed by atoms with Gasteiger partial charge in [0.2, 0.25) is 5.95 Å². The average Bonchev–Trinajstić information content (AvgIpc) is 3.20. The van der Waals surface area contributed by atoms with Crippen LogP contribution in [0.15, 0.2) is 24.4 Å². The summed E-state index contributed by atoms with van der Waals surface area (Å²) in [5, 5.41) is 8.80. The highest BCUT2D eigenvalue weighted by Crippen LogP contribution is 2.38. The summed E-state index contributed by atoms with van der Waals surface area (Å²) in [6.45, 7) is 6.58. The second-order valence-corrected chi connectivity index (χ2v) is 8.07. The van der Waals surface area contributed by atoms with E-state index in [0.29, 0.717) is 18.0 Å². The predicted octanol–water partition coefficient (Wildman–Crippen LogP) is 2.78. The van der Waals surface area contributed by atoms with Gasteiger partial charge in [-0.2, -0.15) is 10.1 Å². The van der Waals surface area contributed by atoms with Crippen LogP contribution < -0.4 is 5.32 Å². The number of carbonyl (C=O) groups excluding carboxylic acids is 1. The number of fused-ring (bicyclic) bond motifs is 2. The van der Waals surface area contributed by atoms with Crippen molar-refractivity contribution in [3.63, 3.8) is 0 Å². The highest BCUT2D eigenvalue weighted by atomic mass is 16.1. The number of anilines is 1. The number of benzene rings is 1.